The van der Waals surface area contributed by atoms with E-state index in [-0.39, 0.29) is 0 Å². The minimum absolute atomic E-state index is 0.528. The smallest absolute Gasteiger partial charge is 0.360 e. The number of carbonyl (C=O) groups is 2. The summed E-state index contributed by atoms with van der Waals surface area (Å²) >= 11 is 0. The molecule has 0 aliphatic carbocycles. The molecule has 0 saturated heterocycles. The molecule has 1 aromatic carbocycles. The largest absolute Gasteiger partial charge is 0.480 e. The van der Waals surface area contributed by atoms with Crippen molar-refractivity contribution in [3.05, 3.63) is 30.3 Å². The van der Waals surface area contributed by atoms with Crippen LogP contribution in [-0.2, 0) is 4.79 Å². The average Bonchev–Trinajstić information content (AvgIpc) is 2.27. The predicted molar refractivity (Wildman–Crippen MR) is 56.6 cm³/mol. The summed E-state index contributed by atoms with van der Waals surface area (Å²) in [6.07, 6.45) is 0. The average molecular weight is 221 g/mol. The minimum atomic E-state index is -1.12. The van der Waals surface area contributed by atoms with Crippen LogP contribution in [0.3, 0.4) is 0 Å². The number of urea groups is 1. The fourth-order valence-electron chi connectivity index (χ4n) is 0.874. The van der Waals surface area contributed by atoms with Crippen molar-refractivity contribution in [2.45, 2.75) is 13.0 Å². The highest BCUT2D eigenvalue weighted by Gasteiger charge is 2.12. The zero-order chi connectivity index (χ0) is 12.0. The number of carboxylic acids is 1. The van der Waals surface area contributed by atoms with E-state index in [2.05, 4.69) is 15.5 Å². The first-order valence-electron chi connectivity index (χ1n) is 4.59. The molecule has 6 heteroatoms. The Morgan fingerprint density at radius 3 is 2.50 bits per heavy atom. The van der Waals surface area contributed by atoms with E-state index >= 15 is 0 Å². The molecule has 0 aromatic heterocycles. The van der Waals surface area contributed by atoms with Gasteiger partial charge in [0.1, 0.15) is 6.04 Å². The van der Waals surface area contributed by atoms with Gasteiger partial charge in [0, 0.05) is 0 Å². The van der Waals surface area contributed by atoms with E-state index in [1.54, 1.807) is 24.3 Å². The standard InChI is InChI=1S/C10H11N3O3/c1-7(9(14)15)11-10(16)13-12-8-5-3-2-4-6-8/h2-7H,1H3,(H,11,16)(H,14,15). The normalized spacial score (nSPS) is 12.3. The summed E-state index contributed by atoms with van der Waals surface area (Å²) in [4.78, 5) is 21.5. The molecule has 0 radical (unpaired) electrons. The zero-order valence-electron chi connectivity index (χ0n) is 8.62. The highest BCUT2D eigenvalue weighted by Crippen LogP contribution is 2.09. The number of amides is 2. The van der Waals surface area contributed by atoms with E-state index in [9.17, 15) is 9.59 Å². The van der Waals surface area contributed by atoms with Crippen molar-refractivity contribution in [1.82, 2.24) is 5.32 Å². The Hall–Kier alpha value is -2.24. The fourth-order valence-corrected chi connectivity index (χ4v) is 0.874. The quantitative estimate of drug-likeness (QED) is 0.764. The van der Waals surface area contributed by atoms with Crippen LogP contribution in [0.5, 0.6) is 0 Å². The van der Waals surface area contributed by atoms with E-state index in [1.807, 2.05) is 6.07 Å². The van der Waals surface area contributed by atoms with Crippen molar-refractivity contribution in [3.8, 4) is 0 Å². The molecule has 1 aromatic rings. The van der Waals surface area contributed by atoms with E-state index in [0.717, 1.165) is 0 Å². The maximum Gasteiger partial charge on any atom is 0.360 e. The third-order valence-corrected chi connectivity index (χ3v) is 1.72. The molecular weight excluding hydrogens is 210 g/mol. The van der Waals surface area contributed by atoms with E-state index in [1.165, 1.54) is 6.92 Å². The van der Waals surface area contributed by atoms with Gasteiger partial charge in [0.05, 0.1) is 5.69 Å². The van der Waals surface area contributed by atoms with E-state index < -0.39 is 18.0 Å². The third-order valence-electron chi connectivity index (χ3n) is 1.72. The highest BCUT2D eigenvalue weighted by molar-refractivity contribution is 5.82. The van der Waals surface area contributed by atoms with Crippen LogP contribution >= 0.6 is 0 Å². The van der Waals surface area contributed by atoms with Crippen LogP contribution in [0.2, 0.25) is 0 Å². The molecule has 0 saturated carbocycles. The van der Waals surface area contributed by atoms with Gasteiger partial charge in [0.2, 0.25) is 0 Å². The van der Waals surface area contributed by atoms with Gasteiger partial charge in [-0.15, -0.1) is 5.11 Å². The first kappa shape index (κ1) is 11.8. The molecule has 84 valence electrons. The van der Waals surface area contributed by atoms with E-state index in [0.29, 0.717) is 5.69 Å². The monoisotopic (exact) mass is 221 g/mol. The molecule has 1 rings (SSSR count). The Bertz CT molecular complexity index is 403. The maximum absolute atomic E-state index is 11.1. The van der Waals surface area contributed by atoms with E-state index in [4.69, 9.17) is 5.11 Å². The second-order valence-corrected chi connectivity index (χ2v) is 3.04. The number of nitrogens with zero attached hydrogens (tertiary/aromatic N) is 2. The number of benzene rings is 1. The summed E-state index contributed by atoms with van der Waals surface area (Å²) < 4.78 is 0. The van der Waals surface area contributed by atoms with Crippen molar-refractivity contribution in [1.29, 1.82) is 0 Å². The van der Waals surface area contributed by atoms with Crippen LogP contribution in [0.4, 0.5) is 10.5 Å². The topological polar surface area (TPSA) is 91.1 Å². The Morgan fingerprint density at radius 2 is 1.94 bits per heavy atom. The molecule has 0 bridgehead atoms. The first-order chi connectivity index (χ1) is 7.59. The summed E-state index contributed by atoms with van der Waals surface area (Å²) in [6, 6.07) is 6.92. The second-order valence-electron chi connectivity index (χ2n) is 3.04. The van der Waals surface area contributed by atoms with Gasteiger partial charge in [-0.25, -0.2) is 4.79 Å². The fraction of sp³-hybridized carbons (Fsp3) is 0.200. The van der Waals surface area contributed by atoms with Crippen molar-refractivity contribution in [2.24, 2.45) is 10.2 Å². The number of carboxylic acid groups (broad SMARTS) is 1. The van der Waals surface area contributed by atoms with Gasteiger partial charge in [-0.3, -0.25) is 4.79 Å². The van der Waals surface area contributed by atoms with Crippen LogP contribution in [0.1, 0.15) is 6.92 Å². The number of nitrogens with one attached hydrogen (secondary N) is 1. The molecule has 1 atom stereocenters. The predicted octanol–water partition coefficient (Wildman–Crippen LogP) is 1.95. The van der Waals surface area contributed by atoms with Gasteiger partial charge in [0.15, 0.2) is 0 Å². The van der Waals surface area contributed by atoms with Gasteiger partial charge < -0.3 is 10.4 Å². The summed E-state index contributed by atoms with van der Waals surface area (Å²) in [6.45, 7) is 1.35. The number of hydrogen-bond donors (Lipinski definition) is 2. The van der Waals surface area contributed by atoms with Crippen LogP contribution in [-0.4, -0.2) is 23.1 Å². The van der Waals surface area contributed by atoms with Crippen LogP contribution in [0.25, 0.3) is 0 Å². The van der Waals surface area contributed by atoms with Gasteiger partial charge >= 0.3 is 12.0 Å². The number of azo groups is 1. The first-order valence-corrected chi connectivity index (χ1v) is 4.59. The second kappa shape index (κ2) is 5.59. The number of carbonyl (C=O) groups excluding carboxylic acids is 1. The van der Waals surface area contributed by atoms with Crippen LogP contribution in [0.15, 0.2) is 40.6 Å². The van der Waals surface area contributed by atoms with Gasteiger partial charge in [-0.1, -0.05) is 23.3 Å². The Kier molecular flexibility index (Phi) is 4.14. The lowest BCUT2D eigenvalue weighted by atomic mass is 10.3. The molecular formula is C10H11N3O3. The lowest BCUT2D eigenvalue weighted by Crippen LogP contribution is -2.36. The molecule has 0 spiro atoms. The Balaban J connectivity index is 2.52. The van der Waals surface area contributed by atoms with Crippen LogP contribution in [0, 0.1) is 0 Å². The summed E-state index contributed by atoms with van der Waals surface area (Å²) in [5.74, 6) is -1.12. The highest BCUT2D eigenvalue weighted by atomic mass is 16.4. The summed E-state index contributed by atoms with van der Waals surface area (Å²) in [5.41, 5.74) is 0.528. The molecule has 0 aliphatic heterocycles. The molecule has 2 N–H and O–H groups in total. The molecule has 0 heterocycles. The van der Waals surface area contributed by atoms with Gasteiger partial charge in [0.25, 0.3) is 0 Å². The molecule has 0 aliphatic rings. The zero-order valence-corrected chi connectivity index (χ0v) is 8.62. The molecule has 6 nitrogen and oxygen atoms in total. The minimum Gasteiger partial charge on any atom is -0.480 e. The Morgan fingerprint density at radius 1 is 1.31 bits per heavy atom. The van der Waals surface area contributed by atoms with Crippen molar-refractivity contribution in [3.63, 3.8) is 0 Å². The number of aliphatic carboxylic acids is 1. The summed E-state index contributed by atoms with van der Waals surface area (Å²) in [5, 5.41) is 17.6. The molecule has 0 fully saturated rings. The van der Waals surface area contributed by atoms with Crippen LogP contribution < -0.4 is 5.32 Å². The summed E-state index contributed by atoms with van der Waals surface area (Å²) in [7, 11) is 0. The SMILES string of the molecule is CC(NC(=O)N=Nc1ccccc1)C(=O)O. The van der Waals surface area contributed by atoms with Crippen molar-refractivity contribution in [2.75, 3.05) is 0 Å². The lowest BCUT2D eigenvalue weighted by molar-refractivity contribution is -0.138. The molecule has 2 amide bonds. The van der Waals surface area contributed by atoms with Gasteiger partial charge in [-0.2, -0.15) is 0 Å². The number of hydrogen-bond acceptors (Lipinski definition) is 3. The van der Waals surface area contributed by atoms with Crippen molar-refractivity contribution < 1.29 is 14.7 Å². The molecule has 16 heavy (non-hydrogen) atoms. The Labute approximate surface area is 92.0 Å². The maximum atomic E-state index is 11.1. The van der Waals surface area contributed by atoms with Gasteiger partial charge in [-0.05, 0) is 19.1 Å². The lowest BCUT2D eigenvalue weighted by Gasteiger charge is -2.04. The molecule has 1 unspecified atom stereocenters. The number of rotatable bonds is 3. The third kappa shape index (κ3) is 3.87. The van der Waals surface area contributed by atoms with Crippen molar-refractivity contribution >= 4 is 17.7 Å².